The summed E-state index contributed by atoms with van der Waals surface area (Å²) in [5, 5.41) is 0. The summed E-state index contributed by atoms with van der Waals surface area (Å²) in [6.07, 6.45) is 0.777. The number of rotatable bonds is 4. The Balaban J connectivity index is 2.06. The van der Waals surface area contributed by atoms with Gasteiger partial charge in [-0.05, 0) is 37.5 Å². The van der Waals surface area contributed by atoms with Crippen LogP contribution < -0.4 is 0 Å². The highest BCUT2D eigenvalue weighted by atomic mass is 16.5. The molecular formula is C20H18O3. The largest absolute Gasteiger partial charge is 0.462 e. The first-order valence-electron chi connectivity index (χ1n) is 7.72. The molecule has 3 heteroatoms. The summed E-state index contributed by atoms with van der Waals surface area (Å²) < 4.78 is 5.07. The van der Waals surface area contributed by atoms with Crippen LogP contribution in [-0.2, 0) is 11.2 Å². The van der Waals surface area contributed by atoms with Crippen LogP contribution in [-0.4, -0.2) is 18.4 Å². The second kappa shape index (κ2) is 6.21. The van der Waals surface area contributed by atoms with E-state index in [2.05, 4.69) is 0 Å². The van der Waals surface area contributed by atoms with Gasteiger partial charge in [0.1, 0.15) is 0 Å². The first-order valence-corrected chi connectivity index (χ1v) is 7.72. The summed E-state index contributed by atoms with van der Waals surface area (Å²) in [4.78, 5) is 25.2. The number of hydrogen-bond donors (Lipinski definition) is 0. The predicted molar refractivity (Wildman–Crippen MR) is 89.5 cm³/mol. The minimum atomic E-state index is -0.457. The normalized spacial score (nSPS) is 13.0. The molecule has 0 saturated heterocycles. The molecule has 0 aromatic heterocycles. The Kier molecular flexibility index (Phi) is 4.11. The molecule has 0 atom stereocenters. The van der Waals surface area contributed by atoms with Crippen LogP contribution in [0.1, 0.15) is 45.7 Å². The van der Waals surface area contributed by atoms with Gasteiger partial charge in [0, 0.05) is 11.1 Å². The lowest BCUT2D eigenvalue weighted by Crippen LogP contribution is -2.13. The van der Waals surface area contributed by atoms with Crippen molar-refractivity contribution >= 4 is 17.3 Å². The molecule has 1 aliphatic carbocycles. The fraction of sp³-hybridized carbons (Fsp3) is 0.200. The van der Waals surface area contributed by atoms with E-state index in [0.717, 1.165) is 23.1 Å². The minimum Gasteiger partial charge on any atom is -0.462 e. The lowest BCUT2D eigenvalue weighted by atomic mass is 9.93. The van der Waals surface area contributed by atoms with Crippen molar-refractivity contribution < 1.29 is 14.3 Å². The Morgan fingerprint density at radius 1 is 1.00 bits per heavy atom. The fourth-order valence-electron chi connectivity index (χ4n) is 3.04. The highest BCUT2D eigenvalue weighted by molar-refractivity contribution is 6.32. The zero-order valence-corrected chi connectivity index (χ0v) is 13.3. The van der Waals surface area contributed by atoms with E-state index in [1.807, 2.05) is 31.2 Å². The van der Waals surface area contributed by atoms with E-state index in [1.165, 1.54) is 0 Å². The van der Waals surface area contributed by atoms with Crippen molar-refractivity contribution in [1.82, 2.24) is 0 Å². The standard InChI is InChI=1S/C20H18O3/c1-3-23-20(22)17-11-7-6-10-16(17)19(21)18-13(2)12-14-8-4-5-9-15(14)18/h4-11H,3,12H2,1-2H3. The number of fused-ring (bicyclic) bond motifs is 1. The lowest BCUT2D eigenvalue weighted by molar-refractivity contribution is 0.0523. The maximum absolute atomic E-state index is 13.1. The first-order chi connectivity index (χ1) is 11.1. The van der Waals surface area contributed by atoms with Gasteiger partial charge in [-0.3, -0.25) is 4.79 Å². The summed E-state index contributed by atoms with van der Waals surface area (Å²) in [6.45, 7) is 4.01. The van der Waals surface area contributed by atoms with Crippen LogP contribution in [0.2, 0.25) is 0 Å². The molecule has 0 bridgehead atoms. The third-order valence-electron chi connectivity index (χ3n) is 4.06. The molecule has 2 aromatic rings. The second-order valence-corrected chi connectivity index (χ2v) is 5.58. The van der Waals surface area contributed by atoms with Crippen molar-refractivity contribution in [3.8, 4) is 0 Å². The van der Waals surface area contributed by atoms with Crippen molar-refractivity contribution in [3.63, 3.8) is 0 Å². The van der Waals surface area contributed by atoms with Gasteiger partial charge < -0.3 is 4.74 Å². The van der Waals surface area contributed by atoms with Crippen molar-refractivity contribution in [2.45, 2.75) is 20.3 Å². The molecule has 0 aliphatic heterocycles. The number of carbonyl (C=O) groups excluding carboxylic acids is 2. The Hall–Kier alpha value is -2.68. The molecule has 3 rings (SSSR count). The van der Waals surface area contributed by atoms with Crippen molar-refractivity contribution in [3.05, 3.63) is 76.4 Å². The van der Waals surface area contributed by atoms with E-state index in [9.17, 15) is 9.59 Å². The summed E-state index contributed by atoms with van der Waals surface area (Å²) >= 11 is 0. The average molecular weight is 306 g/mol. The van der Waals surface area contributed by atoms with Gasteiger partial charge in [-0.1, -0.05) is 48.0 Å². The van der Waals surface area contributed by atoms with Gasteiger partial charge in [0.2, 0.25) is 0 Å². The molecule has 2 aromatic carbocycles. The maximum Gasteiger partial charge on any atom is 0.338 e. The fourth-order valence-corrected chi connectivity index (χ4v) is 3.04. The third kappa shape index (κ3) is 2.70. The van der Waals surface area contributed by atoms with Crippen LogP contribution in [0, 0.1) is 0 Å². The van der Waals surface area contributed by atoms with Crippen molar-refractivity contribution in [2.75, 3.05) is 6.61 Å². The molecule has 23 heavy (non-hydrogen) atoms. The maximum atomic E-state index is 13.1. The first kappa shape index (κ1) is 15.2. The third-order valence-corrected chi connectivity index (χ3v) is 4.06. The Morgan fingerprint density at radius 2 is 1.65 bits per heavy atom. The van der Waals surface area contributed by atoms with E-state index in [-0.39, 0.29) is 12.4 Å². The van der Waals surface area contributed by atoms with E-state index in [4.69, 9.17) is 4.74 Å². The highest BCUT2D eigenvalue weighted by Gasteiger charge is 2.27. The van der Waals surface area contributed by atoms with Crippen LogP contribution in [0.25, 0.3) is 5.57 Å². The Bertz CT molecular complexity index is 815. The number of hydrogen-bond acceptors (Lipinski definition) is 3. The van der Waals surface area contributed by atoms with E-state index in [1.54, 1.807) is 31.2 Å². The van der Waals surface area contributed by atoms with Gasteiger partial charge in [-0.15, -0.1) is 0 Å². The van der Waals surface area contributed by atoms with Crippen molar-refractivity contribution in [2.24, 2.45) is 0 Å². The number of allylic oxidation sites excluding steroid dienone is 2. The molecule has 0 radical (unpaired) electrons. The molecule has 0 heterocycles. The molecule has 1 aliphatic rings. The molecule has 116 valence electrons. The monoisotopic (exact) mass is 306 g/mol. The molecule has 0 spiro atoms. The van der Waals surface area contributed by atoms with Gasteiger partial charge in [-0.2, -0.15) is 0 Å². The molecule has 0 saturated carbocycles. The van der Waals surface area contributed by atoms with Gasteiger partial charge in [0.05, 0.1) is 12.2 Å². The molecule has 3 nitrogen and oxygen atoms in total. The minimum absolute atomic E-state index is 0.115. The van der Waals surface area contributed by atoms with Crippen LogP contribution in [0.4, 0.5) is 0 Å². The Morgan fingerprint density at radius 3 is 2.39 bits per heavy atom. The number of benzene rings is 2. The van der Waals surface area contributed by atoms with Gasteiger partial charge in [-0.25, -0.2) is 4.79 Å². The highest BCUT2D eigenvalue weighted by Crippen LogP contribution is 2.35. The Labute approximate surface area is 135 Å². The molecule has 0 unspecified atom stereocenters. The topological polar surface area (TPSA) is 43.4 Å². The zero-order valence-electron chi connectivity index (χ0n) is 13.3. The molecule has 0 N–H and O–H groups in total. The number of ether oxygens (including phenoxy) is 1. The van der Waals surface area contributed by atoms with E-state index >= 15 is 0 Å². The van der Waals surface area contributed by atoms with Crippen LogP contribution in [0.3, 0.4) is 0 Å². The number of Topliss-reactive ketones (excluding diaryl/α,β-unsaturated/α-hetero) is 1. The second-order valence-electron chi connectivity index (χ2n) is 5.58. The molecular weight excluding hydrogens is 288 g/mol. The van der Waals surface area contributed by atoms with Crippen molar-refractivity contribution in [1.29, 1.82) is 0 Å². The van der Waals surface area contributed by atoms with Gasteiger partial charge >= 0.3 is 5.97 Å². The lowest BCUT2D eigenvalue weighted by Gasteiger charge is -2.10. The van der Waals surface area contributed by atoms with Crippen LogP contribution in [0.5, 0.6) is 0 Å². The SMILES string of the molecule is CCOC(=O)c1ccccc1C(=O)C1=C(C)Cc2ccccc21. The molecule has 0 amide bonds. The summed E-state index contributed by atoms with van der Waals surface area (Å²) in [5.41, 5.74) is 4.59. The quantitative estimate of drug-likeness (QED) is 0.631. The predicted octanol–water partition coefficient (Wildman–Crippen LogP) is 4.08. The van der Waals surface area contributed by atoms with E-state index < -0.39 is 5.97 Å². The number of ketones is 1. The summed E-state index contributed by atoms with van der Waals surface area (Å²) in [6, 6.07) is 14.8. The summed E-state index contributed by atoms with van der Waals surface area (Å²) in [5.74, 6) is -0.572. The number of carbonyl (C=O) groups is 2. The average Bonchev–Trinajstić information content (AvgIpc) is 2.90. The zero-order chi connectivity index (χ0) is 16.4. The summed E-state index contributed by atoms with van der Waals surface area (Å²) in [7, 11) is 0. The van der Waals surface area contributed by atoms with Gasteiger partial charge in [0.15, 0.2) is 5.78 Å². The van der Waals surface area contributed by atoms with Crippen LogP contribution >= 0.6 is 0 Å². The van der Waals surface area contributed by atoms with E-state index in [0.29, 0.717) is 16.7 Å². The number of esters is 1. The molecule has 0 fully saturated rings. The smallest absolute Gasteiger partial charge is 0.338 e. The van der Waals surface area contributed by atoms with Gasteiger partial charge in [0.25, 0.3) is 0 Å². The van der Waals surface area contributed by atoms with Crippen LogP contribution in [0.15, 0.2) is 54.1 Å².